The average Bonchev–Trinajstić information content (AvgIpc) is 3.92. The molecule has 0 aromatic heterocycles. The summed E-state index contributed by atoms with van der Waals surface area (Å²) in [6, 6.07) is 11.9. The summed E-state index contributed by atoms with van der Waals surface area (Å²) in [5.41, 5.74) is 1.74. The number of rotatable bonds is 52. The van der Waals surface area contributed by atoms with Gasteiger partial charge in [0.15, 0.2) is 0 Å². The van der Waals surface area contributed by atoms with Crippen LogP contribution in [0.3, 0.4) is 0 Å². The van der Waals surface area contributed by atoms with Gasteiger partial charge < -0.3 is 66.9 Å². The number of fused-ring (bicyclic) bond motifs is 1. The van der Waals surface area contributed by atoms with Gasteiger partial charge in [-0.1, -0.05) is 63.6 Å². The van der Waals surface area contributed by atoms with Crippen molar-refractivity contribution in [2.45, 2.75) is 96.4 Å². The molecule has 0 saturated carbocycles. The van der Waals surface area contributed by atoms with Crippen LogP contribution in [-0.2, 0) is 77.6 Å². The van der Waals surface area contributed by atoms with E-state index in [1.54, 1.807) is 12.1 Å². The number of benzene rings is 2. The van der Waals surface area contributed by atoms with Gasteiger partial charge in [-0.2, -0.15) is 0 Å². The molecule has 0 aliphatic carbocycles. The minimum absolute atomic E-state index is 0.0255. The van der Waals surface area contributed by atoms with Crippen molar-refractivity contribution in [3.63, 3.8) is 0 Å². The van der Waals surface area contributed by atoms with Crippen molar-refractivity contribution < 1.29 is 85.6 Å². The van der Waals surface area contributed by atoms with Crippen LogP contribution in [0.5, 0.6) is 5.75 Å². The van der Waals surface area contributed by atoms with Gasteiger partial charge in [-0.15, -0.1) is 0 Å². The first-order valence-electron chi connectivity index (χ1n) is 28.2. The Morgan fingerprint density at radius 3 is 1.41 bits per heavy atom. The number of unbranched alkanes of at least 4 members (excludes halogenated alkanes) is 7. The lowest BCUT2D eigenvalue weighted by Crippen LogP contribution is -2.54. The van der Waals surface area contributed by atoms with Crippen LogP contribution in [0.4, 0.5) is 5.69 Å². The molecule has 2 heterocycles. The monoisotopic (exact) mass is 1100 g/mol. The number of imide groups is 2. The van der Waals surface area contributed by atoms with E-state index < -0.39 is 29.7 Å². The van der Waals surface area contributed by atoms with Gasteiger partial charge in [0.25, 0.3) is 11.8 Å². The van der Waals surface area contributed by atoms with Gasteiger partial charge in [-0.05, 0) is 61.9 Å². The van der Waals surface area contributed by atoms with E-state index in [1.165, 1.54) is 50.2 Å². The van der Waals surface area contributed by atoms with Crippen LogP contribution in [0.1, 0.15) is 110 Å². The zero-order valence-electron chi connectivity index (χ0n) is 46.3. The Morgan fingerprint density at radius 1 is 0.500 bits per heavy atom. The fraction of sp³-hybridized carbons (Fsp3) is 0.702. The third-order valence-corrected chi connectivity index (χ3v) is 12.3. The van der Waals surface area contributed by atoms with Crippen LogP contribution in [0.15, 0.2) is 42.5 Å². The van der Waals surface area contributed by atoms with Gasteiger partial charge >= 0.3 is 0 Å². The standard InChI is InChI=1S/C57H89N3O18/c1-2-3-4-5-6-8-12-47-16-18-48(19-17-47)78-46-45-77-44-43-76-42-41-75-40-39-74-38-37-73-36-35-72-34-33-71-32-31-70-30-29-69-28-27-68-26-25-67-24-23-66-22-10-7-9-15-52(61)58-50-14-11-13-49-54(50)57(65)60(56(49)64)51-20-21-53(62)59-55(51)63/h11,13-14,16-19,51H,2-10,12,15,20-46H2,1H3,(H,58,61)(H,59,62,63). The number of hydrogen-bond donors (Lipinski definition) is 2. The first-order chi connectivity index (χ1) is 38.4. The van der Waals surface area contributed by atoms with Crippen LogP contribution in [0.2, 0.25) is 0 Å². The summed E-state index contributed by atoms with van der Waals surface area (Å²) in [6.07, 6.45) is 11.4. The summed E-state index contributed by atoms with van der Waals surface area (Å²) in [7, 11) is 0. The molecule has 78 heavy (non-hydrogen) atoms. The predicted molar refractivity (Wildman–Crippen MR) is 289 cm³/mol. The van der Waals surface area contributed by atoms with Crippen molar-refractivity contribution in [2.24, 2.45) is 0 Å². The fourth-order valence-corrected chi connectivity index (χ4v) is 8.10. The molecule has 2 aliphatic rings. The molecule has 5 amide bonds. The minimum atomic E-state index is -1.08. The Kier molecular flexibility index (Phi) is 37.5. The lowest BCUT2D eigenvalue weighted by atomic mass is 10.0. The largest absolute Gasteiger partial charge is 0.491 e. The molecule has 2 aromatic rings. The van der Waals surface area contributed by atoms with Gasteiger partial charge in [-0.25, -0.2) is 0 Å². The lowest BCUT2D eigenvalue weighted by Gasteiger charge is -2.27. The Morgan fingerprint density at radius 2 is 0.936 bits per heavy atom. The maximum absolute atomic E-state index is 13.2. The van der Waals surface area contributed by atoms with E-state index in [0.717, 1.165) is 29.9 Å². The minimum Gasteiger partial charge on any atom is -0.491 e. The van der Waals surface area contributed by atoms with E-state index in [0.29, 0.717) is 172 Å². The number of carbonyl (C=O) groups excluding carboxylic acids is 5. The Labute approximate surface area is 461 Å². The molecule has 1 saturated heterocycles. The third-order valence-electron chi connectivity index (χ3n) is 12.3. The molecule has 21 heteroatoms. The first kappa shape index (κ1) is 66.0. The molecular weight excluding hydrogens is 1010 g/mol. The second kappa shape index (κ2) is 44.3. The summed E-state index contributed by atoms with van der Waals surface area (Å²) in [5.74, 6) is -1.85. The van der Waals surface area contributed by atoms with Crippen LogP contribution >= 0.6 is 0 Å². The van der Waals surface area contributed by atoms with Gasteiger partial charge in [0.2, 0.25) is 17.7 Å². The van der Waals surface area contributed by atoms with E-state index in [4.69, 9.17) is 61.6 Å². The van der Waals surface area contributed by atoms with Crippen LogP contribution in [0, 0.1) is 0 Å². The van der Waals surface area contributed by atoms with E-state index in [-0.39, 0.29) is 42.0 Å². The number of piperidine rings is 1. The zero-order valence-corrected chi connectivity index (χ0v) is 46.3. The fourth-order valence-electron chi connectivity index (χ4n) is 8.10. The van der Waals surface area contributed by atoms with Crippen molar-refractivity contribution in [3.05, 3.63) is 59.2 Å². The Bertz CT molecular complexity index is 1930. The van der Waals surface area contributed by atoms with Gasteiger partial charge in [-0.3, -0.25) is 34.2 Å². The van der Waals surface area contributed by atoms with Crippen LogP contribution < -0.4 is 15.4 Å². The molecule has 1 unspecified atom stereocenters. The highest BCUT2D eigenvalue weighted by Gasteiger charge is 2.45. The molecular formula is C57H89N3O18. The highest BCUT2D eigenvalue weighted by Crippen LogP contribution is 2.32. The lowest BCUT2D eigenvalue weighted by molar-refractivity contribution is -0.136. The van der Waals surface area contributed by atoms with Gasteiger partial charge in [0.05, 0.1) is 169 Å². The summed E-state index contributed by atoms with van der Waals surface area (Å²) in [4.78, 5) is 63.7. The van der Waals surface area contributed by atoms with Crippen molar-refractivity contribution in [1.82, 2.24) is 10.2 Å². The molecule has 0 radical (unpaired) electrons. The third kappa shape index (κ3) is 29.6. The number of carbonyl (C=O) groups is 5. The molecule has 2 aromatic carbocycles. The van der Waals surface area contributed by atoms with Crippen molar-refractivity contribution in [1.29, 1.82) is 0 Å². The van der Waals surface area contributed by atoms with Crippen LogP contribution in [-0.4, -0.2) is 206 Å². The number of ether oxygens (including phenoxy) is 13. The number of anilines is 1. The van der Waals surface area contributed by atoms with Crippen molar-refractivity contribution >= 4 is 35.2 Å². The summed E-state index contributed by atoms with van der Waals surface area (Å²) in [5, 5.41) is 4.91. The Hall–Kier alpha value is -4.49. The van der Waals surface area contributed by atoms with Crippen molar-refractivity contribution in [3.8, 4) is 5.75 Å². The van der Waals surface area contributed by atoms with Gasteiger partial charge in [0, 0.05) is 19.4 Å². The SMILES string of the molecule is CCCCCCCCc1ccc(OCCOCCOCCOCCOCCOCCOCCOCCOCCOCCOCCOCCOCCCCCC(=O)Nc2cccc3c2C(=O)N(C2CCC(=O)NC2=O)C3=O)cc1. The topological polar surface area (TPSA) is 233 Å². The normalized spacial score (nSPS) is 14.4. The molecule has 1 atom stereocenters. The smallest absolute Gasteiger partial charge is 0.264 e. The maximum Gasteiger partial charge on any atom is 0.264 e. The van der Waals surface area contributed by atoms with Crippen molar-refractivity contribution in [2.75, 3.05) is 170 Å². The van der Waals surface area contributed by atoms with E-state index in [2.05, 4.69) is 29.7 Å². The Balaban J connectivity index is 0.770. The number of aryl methyl sites for hydroxylation is 1. The van der Waals surface area contributed by atoms with Gasteiger partial charge in [0.1, 0.15) is 18.4 Å². The van der Waals surface area contributed by atoms with E-state index in [1.807, 2.05) is 12.1 Å². The number of hydrogen-bond acceptors (Lipinski definition) is 18. The van der Waals surface area contributed by atoms with E-state index >= 15 is 0 Å². The molecule has 440 valence electrons. The predicted octanol–water partition coefficient (Wildman–Crippen LogP) is 5.77. The van der Waals surface area contributed by atoms with E-state index in [9.17, 15) is 24.0 Å². The second-order valence-electron chi connectivity index (χ2n) is 18.4. The summed E-state index contributed by atoms with van der Waals surface area (Å²) in [6.45, 7) is 14.2. The maximum atomic E-state index is 13.2. The van der Waals surface area contributed by atoms with Crippen LogP contribution in [0.25, 0.3) is 0 Å². The number of nitrogens with one attached hydrogen (secondary N) is 2. The molecule has 2 aliphatic heterocycles. The number of nitrogens with zero attached hydrogens (tertiary/aromatic N) is 1. The molecule has 0 spiro atoms. The molecule has 0 bridgehead atoms. The summed E-state index contributed by atoms with van der Waals surface area (Å²) >= 11 is 0. The quantitative estimate of drug-likeness (QED) is 0.0591. The highest BCUT2D eigenvalue weighted by atomic mass is 16.6. The second-order valence-corrected chi connectivity index (χ2v) is 18.4. The number of amides is 5. The molecule has 1 fully saturated rings. The molecule has 21 nitrogen and oxygen atoms in total. The highest BCUT2D eigenvalue weighted by molar-refractivity contribution is 6.26. The summed E-state index contributed by atoms with van der Waals surface area (Å²) < 4.78 is 72.4. The molecule has 2 N–H and O–H groups in total. The average molecular weight is 1100 g/mol. The zero-order chi connectivity index (χ0) is 55.4. The molecule has 4 rings (SSSR count). The first-order valence-corrected chi connectivity index (χ1v) is 28.2.